The number of nitrogens with zero attached hydrogens (tertiary/aromatic N) is 1. The molecule has 0 aromatic carbocycles. The molecule has 1 spiro atoms. The van der Waals surface area contributed by atoms with Crippen LogP contribution in [0.4, 0.5) is 0 Å². The lowest BCUT2D eigenvalue weighted by molar-refractivity contribution is -0.0515. The van der Waals surface area contributed by atoms with Gasteiger partial charge in [0.1, 0.15) is 17.0 Å². The summed E-state index contributed by atoms with van der Waals surface area (Å²) in [6.45, 7) is 1.20. The Morgan fingerprint density at radius 1 is 1.38 bits per heavy atom. The summed E-state index contributed by atoms with van der Waals surface area (Å²) in [5, 5.41) is 9.26. The number of carboxylic acids is 1. The van der Waals surface area contributed by atoms with Crippen LogP contribution in [0.5, 0.6) is 5.75 Å². The summed E-state index contributed by atoms with van der Waals surface area (Å²) in [4.78, 5) is 18.4. The minimum absolute atomic E-state index is 0.180. The van der Waals surface area contributed by atoms with Crippen LogP contribution in [0.3, 0.4) is 0 Å². The summed E-state index contributed by atoms with van der Waals surface area (Å²) in [5.74, 6) is -0.284. The lowest BCUT2D eigenvalue weighted by Crippen LogP contribution is -2.41. The maximum absolute atomic E-state index is 11.3. The number of carbonyl (C=O) groups is 1. The number of ether oxygens (including phenoxy) is 2. The van der Waals surface area contributed by atoms with Gasteiger partial charge in [0.25, 0.3) is 0 Å². The van der Waals surface area contributed by atoms with Crippen molar-refractivity contribution in [3.05, 3.63) is 35.8 Å². The highest BCUT2D eigenvalue weighted by molar-refractivity contribution is 5.89. The summed E-state index contributed by atoms with van der Waals surface area (Å²) in [6.07, 6.45) is 4.75. The second kappa shape index (κ2) is 4.33. The Hall–Kier alpha value is -2.34. The molecule has 0 saturated carbocycles. The van der Waals surface area contributed by atoms with E-state index in [2.05, 4.69) is 9.97 Å². The van der Waals surface area contributed by atoms with Gasteiger partial charge in [-0.2, -0.15) is 0 Å². The predicted octanol–water partition coefficient (Wildman–Crippen LogP) is 2.17. The number of hydrogen-bond donors (Lipinski definition) is 2. The zero-order chi connectivity index (χ0) is 14.4. The number of rotatable bonds is 1. The molecule has 6 nitrogen and oxygen atoms in total. The van der Waals surface area contributed by atoms with Gasteiger partial charge in [0, 0.05) is 30.2 Å². The van der Waals surface area contributed by atoms with Crippen molar-refractivity contribution in [3.63, 3.8) is 0 Å². The van der Waals surface area contributed by atoms with Gasteiger partial charge in [-0.3, -0.25) is 4.98 Å². The molecule has 2 N–H and O–H groups in total. The maximum atomic E-state index is 11.3. The van der Waals surface area contributed by atoms with Crippen molar-refractivity contribution in [2.45, 2.75) is 18.4 Å². The SMILES string of the molecule is O=C(O)c1cc2c([nH]1)-c1ccncc1OC21CCOCC1. The Labute approximate surface area is 120 Å². The number of aromatic amines is 1. The first kappa shape index (κ1) is 12.4. The molecule has 0 aliphatic carbocycles. The highest BCUT2D eigenvalue weighted by Crippen LogP contribution is 2.48. The van der Waals surface area contributed by atoms with Gasteiger partial charge in [-0.25, -0.2) is 4.79 Å². The van der Waals surface area contributed by atoms with Gasteiger partial charge in [-0.05, 0) is 12.1 Å². The molecule has 2 aromatic heterocycles. The average Bonchev–Trinajstić information content (AvgIpc) is 2.95. The zero-order valence-corrected chi connectivity index (χ0v) is 11.3. The minimum atomic E-state index is -0.970. The molecule has 0 bridgehead atoms. The van der Waals surface area contributed by atoms with Gasteiger partial charge < -0.3 is 19.6 Å². The van der Waals surface area contributed by atoms with Crippen molar-refractivity contribution in [2.24, 2.45) is 0 Å². The van der Waals surface area contributed by atoms with Crippen LogP contribution in [0.25, 0.3) is 11.3 Å². The smallest absolute Gasteiger partial charge is 0.352 e. The highest BCUT2D eigenvalue weighted by Gasteiger charge is 2.44. The van der Waals surface area contributed by atoms with Crippen molar-refractivity contribution in [3.8, 4) is 17.0 Å². The fourth-order valence-corrected chi connectivity index (χ4v) is 3.15. The number of aromatic nitrogens is 2. The normalized spacial score (nSPS) is 18.7. The van der Waals surface area contributed by atoms with Crippen molar-refractivity contribution < 1.29 is 19.4 Å². The number of H-pyrrole nitrogens is 1. The highest BCUT2D eigenvalue weighted by atomic mass is 16.5. The van der Waals surface area contributed by atoms with Gasteiger partial charge in [-0.15, -0.1) is 0 Å². The molecule has 4 heterocycles. The second-order valence-electron chi connectivity index (χ2n) is 5.36. The number of pyridine rings is 1. The third-order valence-electron chi connectivity index (χ3n) is 4.20. The van der Waals surface area contributed by atoms with E-state index in [4.69, 9.17) is 9.47 Å². The summed E-state index contributed by atoms with van der Waals surface area (Å²) in [5.41, 5.74) is 2.23. The monoisotopic (exact) mass is 286 g/mol. The largest absolute Gasteiger partial charge is 0.480 e. The van der Waals surface area contributed by atoms with E-state index in [0.29, 0.717) is 31.8 Å². The topological polar surface area (TPSA) is 84.4 Å². The first-order chi connectivity index (χ1) is 10.2. The fraction of sp³-hybridized carbons (Fsp3) is 0.333. The zero-order valence-electron chi connectivity index (χ0n) is 11.3. The van der Waals surface area contributed by atoms with Crippen LogP contribution >= 0.6 is 0 Å². The first-order valence-electron chi connectivity index (χ1n) is 6.87. The van der Waals surface area contributed by atoms with Crippen LogP contribution in [-0.2, 0) is 10.3 Å². The molecule has 2 aliphatic rings. The number of nitrogens with one attached hydrogen (secondary N) is 1. The van der Waals surface area contributed by atoms with E-state index in [0.717, 1.165) is 16.8 Å². The van der Waals surface area contributed by atoms with Gasteiger partial charge in [0.2, 0.25) is 0 Å². The van der Waals surface area contributed by atoms with Crippen LogP contribution in [0.2, 0.25) is 0 Å². The molecule has 0 unspecified atom stereocenters. The standard InChI is InChI=1S/C15H14N2O4/c18-14(19)11-7-10-13(17-11)9-1-4-16-8-12(9)21-15(10)2-5-20-6-3-15/h1,4,7-8,17H,2-3,5-6H2,(H,18,19). The molecule has 0 radical (unpaired) electrons. The van der Waals surface area contributed by atoms with Gasteiger partial charge >= 0.3 is 5.97 Å². The molecule has 0 amide bonds. The molecule has 2 aliphatic heterocycles. The van der Waals surface area contributed by atoms with E-state index in [-0.39, 0.29) is 5.69 Å². The van der Waals surface area contributed by atoms with Gasteiger partial charge in [-0.1, -0.05) is 0 Å². The molecule has 4 rings (SSSR count). The summed E-state index contributed by atoms with van der Waals surface area (Å²) >= 11 is 0. The van der Waals surface area contributed by atoms with E-state index < -0.39 is 11.6 Å². The number of fused-ring (bicyclic) bond motifs is 4. The molecule has 108 valence electrons. The van der Waals surface area contributed by atoms with Crippen LogP contribution in [-0.4, -0.2) is 34.3 Å². The summed E-state index contributed by atoms with van der Waals surface area (Å²) in [6, 6.07) is 3.52. The van der Waals surface area contributed by atoms with E-state index >= 15 is 0 Å². The minimum Gasteiger partial charge on any atom is -0.480 e. The Bertz CT molecular complexity index is 716. The van der Waals surface area contributed by atoms with Crippen molar-refractivity contribution in [1.29, 1.82) is 0 Å². The summed E-state index contributed by atoms with van der Waals surface area (Å²) in [7, 11) is 0. The van der Waals surface area contributed by atoms with Crippen LogP contribution in [0.15, 0.2) is 24.5 Å². The van der Waals surface area contributed by atoms with E-state index in [1.807, 2.05) is 6.07 Å². The lowest BCUT2D eigenvalue weighted by atomic mass is 9.82. The molecular formula is C15H14N2O4. The number of carboxylic acid groups (broad SMARTS) is 1. The Morgan fingerprint density at radius 2 is 2.19 bits per heavy atom. The van der Waals surface area contributed by atoms with Crippen LogP contribution < -0.4 is 4.74 Å². The third-order valence-corrected chi connectivity index (χ3v) is 4.20. The first-order valence-corrected chi connectivity index (χ1v) is 6.87. The summed E-state index contributed by atoms with van der Waals surface area (Å²) < 4.78 is 11.7. The van der Waals surface area contributed by atoms with Crippen LogP contribution in [0, 0.1) is 0 Å². The Balaban J connectivity index is 1.94. The quantitative estimate of drug-likeness (QED) is 0.839. The molecule has 1 fully saturated rings. The van der Waals surface area contributed by atoms with E-state index in [1.54, 1.807) is 18.5 Å². The lowest BCUT2D eigenvalue weighted by Gasteiger charge is -2.41. The molecule has 1 saturated heterocycles. The molecule has 2 aromatic rings. The average molecular weight is 286 g/mol. The molecule has 0 atom stereocenters. The van der Waals surface area contributed by atoms with Crippen molar-refractivity contribution >= 4 is 5.97 Å². The molecule has 21 heavy (non-hydrogen) atoms. The van der Waals surface area contributed by atoms with Crippen molar-refractivity contribution in [2.75, 3.05) is 13.2 Å². The van der Waals surface area contributed by atoms with Gasteiger partial charge in [0.15, 0.2) is 0 Å². The second-order valence-corrected chi connectivity index (χ2v) is 5.36. The molecular weight excluding hydrogens is 272 g/mol. The Kier molecular flexibility index (Phi) is 2.56. The maximum Gasteiger partial charge on any atom is 0.352 e. The fourth-order valence-electron chi connectivity index (χ4n) is 3.15. The van der Waals surface area contributed by atoms with Crippen LogP contribution in [0.1, 0.15) is 28.9 Å². The van der Waals surface area contributed by atoms with Gasteiger partial charge in [0.05, 0.1) is 25.1 Å². The third kappa shape index (κ3) is 1.76. The predicted molar refractivity (Wildman–Crippen MR) is 73.3 cm³/mol. The van der Waals surface area contributed by atoms with E-state index in [9.17, 15) is 9.90 Å². The van der Waals surface area contributed by atoms with E-state index in [1.165, 1.54) is 0 Å². The number of aromatic carboxylic acids is 1. The van der Waals surface area contributed by atoms with Crippen molar-refractivity contribution in [1.82, 2.24) is 9.97 Å². The number of hydrogen-bond acceptors (Lipinski definition) is 4. The molecule has 6 heteroatoms. The Morgan fingerprint density at radius 3 is 2.95 bits per heavy atom.